The number of benzene rings is 2. The van der Waals surface area contributed by atoms with Gasteiger partial charge in [0.1, 0.15) is 0 Å². The molecule has 4 heteroatoms. The van der Waals surface area contributed by atoms with Gasteiger partial charge in [-0.05, 0) is 48.5 Å². The lowest BCUT2D eigenvalue weighted by Crippen LogP contribution is -2.11. The fraction of sp³-hybridized carbons (Fsp3) is 0. The summed E-state index contributed by atoms with van der Waals surface area (Å²) in [6, 6.07) is 15.9. The van der Waals surface area contributed by atoms with Crippen LogP contribution in [0.15, 0.2) is 53.0 Å². The molecule has 2 rings (SSSR count). The Morgan fingerprint density at radius 1 is 1.06 bits per heavy atom. The summed E-state index contributed by atoms with van der Waals surface area (Å²) in [5, 5.41) is 11.5. The van der Waals surface area contributed by atoms with Gasteiger partial charge in [0.05, 0.1) is 11.6 Å². The number of nitrogens with one attached hydrogen (secondary N) is 1. The number of halogens is 1. The maximum absolute atomic E-state index is 11.9. The molecule has 0 saturated carbocycles. The third-order valence-corrected chi connectivity index (χ3v) is 2.91. The first-order valence-corrected chi connectivity index (χ1v) is 6.05. The van der Waals surface area contributed by atoms with Gasteiger partial charge in [-0.25, -0.2) is 0 Å². The first-order valence-electron chi connectivity index (χ1n) is 5.26. The molecule has 0 spiro atoms. The van der Waals surface area contributed by atoms with E-state index in [-0.39, 0.29) is 5.91 Å². The minimum absolute atomic E-state index is 0.193. The smallest absolute Gasteiger partial charge is 0.255 e. The van der Waals surface area contributed by atoms with Crippen molar-refractivity contribution in [3.63, 3.8) is 0 Å². The minimum Gasteiger partial charge on any atom is -0.322 e. The van der Waals surface area contributed by atoms with Crippen LogP contribution in [-0.4, -0.2) is 5.91 Å². The van der Waals surface area contributed by atoms with Crippen molar-refractivity contribution in [1.29, 1.82) is 5.26 Å². The predicted octanol–water partition coefficient (Wildman–Crippen LogP) is 3.57. The van der Waals surface area contributed by atoms with E-state index < -0.39 is 0 Å². The summed E-state index contributed by atoms with van der Waals surface area (Å²) in [6.07, 6.45) is 0. The van der Waals surface area contributed by atoms with Gasteiger partial charge in [0.25, 0.3) is 5.91 Å². The second kappa shape index (κ2) is 5.48. The van der Waals surface area contributed by atoms with Crippen LogP contribution in [0.25, 0.3) is 0 Å². The van der Waals surface area contributed by atoms with E-state index in [1.807, 2.05) is 30.3 Å². The Kier molecular flexibility index (Phi) is 3.75. The van der Waals surface area contributed by atoms with Crippen LogP contribution < -0.4 is 5.32 Å². The number of nitrogens with zero attached hydrogens (tertiary/aromatic N) is 1. The molecule has 0 saturated heterocycles. The van der Waals surface area contributed by atoms with Crippen LogP contribution in [-0.2, 0) is 0 Å². The summed E-state index contributed by atoms with van der Waals surface area (Å²) in [5.41, 5.74) is 1.79. The van der Waals surface area contributed by atoms with Crippen molar-refractivity contribution in [2.24, 2.45) is 0 Å². The Morgan fingerprint density at radius 2 is 1.67 bits per heavy atom. The Balaban J connectivity index is 2.12. The van der Waals surface area contributed by atoms with E-state index in [1.165, 1.54) is 0 Å². The second-order valence-electron chi connectivity index (χ2n) is 3.65. The zero-order chi connectivity index (χ0) is 13.0. The molecule has 0 aromatic heterocycles. The third kappa shape index (κ3) is 2.96. The van der Waals surface area contributed by atoms with Gasteiger partial charge in [0.2, 0.25) is 0 Å². The van der Waals surface area contributed by atoms with Crippen molar-refractivity contribution < 1.29 is 4.79 Å². The van der Waals surface area contributed by atoms with Crippen LogP contribution in [0.1, 0.15) is 15.9 Å². The normalized spacial score (nSPS) is 9.56. The number of nitriles is 1. The highest BCUT2D eigenvalue weighted by Gasteiger charge is 2.05. The van der Waals surface area contributed by atoms with Gasteiger partial charge in [-0.3, -0.25) is 4.79 Å². The molecule has 2 aromatic rings. The monoisotopic (exact) mass is 300 g/mol. The van der Waals surface area contributed by atoms with E-state index in [4.69, 9.17) is 5.26 Å². The number of rotatable bonds is 2. The quantitative estimate of drug-likeness (QED) is 0.922. The maximum atomic E-state index is 11.9. The van der Waals surface area contributed by atoms with Gasteiger partial charge in [0.15, 0.2) is 0 Å². The van der Waals surface area contributed by atoms with E-state index in [0.717, 1.165) is 10.2 Å². The molecule has 3 nitrogen and oxygen atoms in total. The van der Waals surface area contributed by atoms with Gasteiger partial charge in [-0.1, -0.05) is 15.9 Å². The summed E-state index contributed by atoms with van der Waals surface area (Å²) >= 11 is 3.33. The van der Waals surface area contributed by atoms with Gasteiger partial charge in [0, 0.05) is 15.7 Å². The van der Waals surface area contributed by atoms with Gasteiger partial charge < -0.3 is 5.32 Å². The summed E-state index contributed by atoms with van der Waals surface area (Å²) < 4.78 is 0.957. The lowest BCUT2D eigenvalue weighted by atomic mass is 10.1. The van der Waals surface area contributed by atoms with Crippen molar-refractivity contribution in [1.82, 2.24) is 0 Å². The highest BCUT2D eigenvalue weighted by Crippen LogP contribution is 2.15. The van der Waals surface area contributed by atoms with Crippen LogP contribution in [0.3, 0.4) is 0 Å². The lowest BCUT2D eigenvalue weighted by Gasteiger charge is -2.05. The first kappa shape index (κ1) is 12.3. The Morgan fingerprint density at radius 3 is 2.22 bits per heavy atom. The van der Waals surface area contributed by atoms with E-state index in [1.54, 1.807) is 24.3 Å². The van der Waals surface area contributed by atoms with Gasteiger partial charge in [-0.15, -0.1) is 0 Å². The number of carbonyl (C=O) groups excluding carboxylic acids is 1. The molecule has 1 amide bonds. The summed E-state index contributed by atoms with van der Waals surface area (Å²) in [4.78, 5) is 11.9. The second-order valence-corrected chi connectivity index (χ2v) is 4.57. The van der Waals surface area contributed by atoms with Crippen molar-refractivity contribution in [2.75, 3.05) is 5.32 Å². The number of carbonyl (C=O) groups is 1. The highest BCUT2D eigenvalue weighted by molar-refractivity contribution is 9.10. The SMILES string of the molecule is N#Cc1ccc(C(=O)Nc2ccc(Br)cc2)cc1. The summed E-state index contributed by atoms with van der Waals surface area (Å²) in [5.74, 6) is -0.193. The maximum Gasteiger partial charge on any atom is 0.255 e. The molecule has 0 bridgehead atoms. The molecule has 0 heterocycles. The van der Waals surface area contributed by atoms with E-state index in [9.17, 15) is 4.79 Å². The number of hydrogen-bond acceptors (Lipinski definition) is 2. The van der Waals surface area contributed by atoms with Gasteiger partial charge in [-0.2, -0.15) is 5.26 Å². The Bertz CT molecular complexity index is 597. The zero-order valence-electron chi connectivity index (χ0n) is 9.35. The van der Waals surface area contributed by atoms with E-state index >= 15 is 0 Å². The Hall–Kier alpha value is -2.12. The number of hydrogen-bond donors (Lipinski definition) is 1. The molecule has 2 aromatic carbocycles. The molecule has 0 radical (unpaired) electrons. The van der Waals surface area contributed by atoms with Crippen LogP contribution in [0.2, 0.25) is 0 Å². The van der Waals surface area contributed by atoms with Crippen molar-refractivity contribution in [3.8, 4) is 6.07 Å². The molecule has 0 atom stereocenters. The molecule has 88 valence electrons. The lowest BCUT2D eigenvalue weighted by molar-refractivity contribution is 0.102. The third-order valence-electron chi connectivity index (χ3n) is 2.38. The fourth-order valence-electron chi connectivity index (χ4n) is 1.43. The van der Waals surface area contributed by atoms with Crippen LogP contribution in [0.4, 0.5) is 5.69 Å². The van der Waals surface area contributed by atoms with Crippen LogP contribution in [0, 0.1) is 11.3 Å². The van der Waals surface area contributed by atoms with Crippen molar-refractivity contribution in [3.05, 3.63) is 64.1 Å². The van der Waals surface area contributed by atoms with Crippen LogP contribution in [0.5, 0.6) is 0 Å². The molecule has 0 aliphatic carbocycles. The van der Waals surface area contributed by atoms with E-state index in [0.29, 0.717) is 11.1 Å². The summed E-state index contributed by atoms with van der Waals surface area (Å²) in [7, 11) is 0. The number of anilines is 1. The molecular formula is C14H9BrN2O. The highest BCUT2D eigenvalue weighted by atomic mass is 79.9. The molecule has 0 aliphatic rings. The summed E-state index contributed by atoms with van der Waals surface area (Å²) in [6.45, 7) is 0. The fourth-order valence-corrected chi connectivity index (χ4v) is 1.70. The standard InChI is InChI=1S/C14H9BrN2O/c15-12-5-7-13(8-6-12)17-14(18)11-3-1-10(9-16)2-4-11/h1-8H,(H,17,18). The molecule has 0 unspecified atom stereocenters. The van der Waals surface area contributed by atoms with Crippen molar-refractivity contribution >= 4 is 27.5 Å². The minimum atomic E-state index is -0.193. The Labute approximate surface area is 113 Å². The van der Waals surface area contributed by atoms with E-state index in [2.05, 4.69) is 21.2 Å². The zero-order valence-corrected chi connectivity index (χ0v) is 10.9. The molecule has 1 N–H and O–H groups in total. The average Bonchev–Trinajstić information content (AvgIpc) is 2.41. The molecule has 0 aliphatic heterocycles. The predicted molar refractivity (Wildman–Crippen MR) is 73.3 cm³/mol. The van der Waals surface area contributed by atoms with Gasteiger partial charge >= 0.3 is 0 Å². The largest absolute Gasteiger partial charge is 0.322 e. The first-order chi connectivity index (χ1) is 8.69. The molecule has 0 fully saturated rings. The van der Waals surface area contributed by atoms with Crippen molar-refractivity contribution in [2.45, 2.75) is 0 Å². The average molecular weight is 301 g/mol. The van der Waals surface area contributed by atoms with Crippen LogP contribution >= 0.6 is 15.9 Å². The number of amides is 1. The molecular weight excluding hydrogens is 292 g/mol. The molecule has 18 heavy (non-hydrogen) atoms. The topological polar surface area (TPSA) is 52.9 Å².